The molecule has 0 radical (unpaired) electrons. The van der Waals surface area contributed by atoms with Crippen LogP contribution in [0, 0.1) is 5.82 Å². The Morgan fingerprint density at radius 3 is 2.67 bits per heavy atom. The lowest BCUT2D eigenvalue weighted by molar-refractivity contribution is 0.0507. The normalized spacial score (nSPS) is 14.7. The molecule has 1 aromatic carbocycles. The SMILES string of the molecule is CCc1ccc(N(N)c2cc(OC3CCN(C(=O)OC(C)C)CC3)ncn2)c(F)c1. The maximum absolute atomic E-state index is 14.4. The molecule has 0 unspecified atom stereocenters. The van der Waals surface area contributed by atoms with E-state index in [2.05, 4.69) is 9.97 Å². The molecule has 0 saturated carbocycles. The van der Waals surface area contributed by atoms with Crippen LogP contribution in [0.5, 0.6) is 5.88 Å². The van der Waals surface area contributed by atoms with Gasteiger partial charge in [0, 0.05) is 32.0 Å². The molecule has 3 rings (SSSR count). The van der Waals surface area contributed by atoms with Crippen molar-refractivity contribution in [2.24, 2.45) is 5.84 Å². The summed E-state index contributed by atoms with van der Waals surface area (Å²) in [6.07, 6.45) is 2.84. The first-order chi connectivity index (χ1) is 14.4. The number of likely N-dealkylation sites (tertiary alicyclic amines) is 1. The number of hydrogen-bond acceptors (Lipinski definition) is 7. The lowest BCUT2D eigenvalue weighted by Crippen LogP contribution is -2.42. The Balaban J connectivity index is 1.62. The van der Waals surface area contributed by atoms with Crippen molar-refractivity contribution in [3.63, 3.8) is 0 Å². The van der Waals surface area contributed by atoms with Gasteiger partial charge in [0.15, 0.2) is 5.82 Å². The van der Waals surface area contributed by atoms with E-state index in [0.29, 0.717) is 37.6 Å². The lowest BCUT2D eigenvalue weighted by Gasteiger charge is -2.31. The number of nitrogens with two attached hydrogens (primary N) is 1. The topological polar surface area (TPSA) is 93.8 Å². The average molecular weight is 417 g/mol. The molecule has 0 atom stereocenters. The van der Waals surface area contributed by atoms with Gasteiger partial charge < -0.3 is 14.4 Å². The number of hydrazine groups is 1. The van der Waals surface area contributed by atoms with E-state index in [1.54, 1.807) is 17.0 Å². The molecule has 2 aromatic rings. The minimum Gasteiger partial charge on any atom is -0.474 e. The fraction of sp³-hybridized carbons (Fsp3) is 0.476. The molecule has 2 N–H and O–H groups in total. The third-order valence-electron chi connectivity index (χ3n) is 4.88. The highest BCUT2D eigenvalue weighted by Crippen LogP contribution is 2.26. The number of carbonyl (C=O) groups is 1. The first-order valence-corrected chi connectivity index (χ1v) is 10.1. The summed E-state index contributed by atoms with van der Waals surface area (Å²) >= 11 is 0. The van der Waals surface area contributed by atoms with Crippen LogP contribution in [0.25, 0.3) is 0 Å². The zero-order valence-electron chi connectivity index (χ0n) is 17.5. The van der Waals surface area contributed by atoms with Crippen molar-refractivity contribution >= 4 is 17.6 Å². The molecule has 8 nitrogen and oxygen atoms in total. The summed E-state index contributed by atoms with van der Waals surface area (Å²) in [5.41, 5.74) is 1.11. The average Bonchev–Trinajstić information content (AvgIpc) is 2.73. The summed E-state index contributed by atoms with van der Waals surface area (Å²) in [6, 6.07) is 6.50. The summed E-state index contributed by atoms with van der Waals surface area (Å²) in [5.74, 6) is 6.34. The van der Waals surface area contributed by atoms with Crippen LogP contribution in [0.2, 0.25) is 0 Å². The fourth-order valence-corrected chi connectivity index (χ4v) is 3.22. The largest absolute Gasteiger partial charge is 0.474 e. The van der Waals surface area contributed by atoms with E-state index < -0.39 is 5.82 Å². The molecule has 0 bridgehead atoms. The monoisotopic (exact) mass is 417 g/mol. The molecule has 30 heavy (non-hydrogen) atoms. The summed E-state index contributed by atoms with van der Waals surface area (Å²) in [4.78, 5) is 21.9. The van der Waals surface area contributed by atoms with Crippen molar-refractivity contribution in [3.8, 4) is 5.88 Å². The van der Waals surface area contributed by atoms with Crippen molar-refractivity contribution < 1.29 is 18.7 Å². The minimum atomic E-state index is -0.418. The van der Waals surface area contributed by atoms with Gasteiger partial charge in [0.1, 0.15) is 18.2 Å². The number of aryl methyl sites for hydroxylation is 1. The second-order valence-corrected chi connectivity index (χ2v) is 7.46. The van der Waals surface area contributed by atoms with Gasteiger partial charge >= 0.3 is 6.09 Å². The standard InChI is InChI=1S/C21H28FN5O3/c1-4-15-5-6-18(17(22)11-15)27(23)19-12-20(25-13-24-19)30-16-7-9-26(10-8-16)21(28)29-14(2)3/h5-6,11-14,16H,4,7-10,23H2,1-3H3. The van der Waals surface area contributed by atoms with E-state index in [4.69, 9.17) is 15.3 Å². The number of aromatic nitrogens is 2. The molecule has 1 aliphatic heterocycles. The molecule has 1 saturated heterocycles. The maximum atomic E-state index is 14.4. The third kappa shape index (κ3) is 5.35. The van der Waals surface area contributed by atoms with E-state index in [1.165, 1.54) is 17.4 Å². The molecule has 0 spiro atoms. The van der Waals surface area contributed by atoms with Gasteiger partial charge in [-0.25, -0.2) is 25.0 Å². The Kier molecular flexibility index (Phi) is 7.04. The van der Waals surface area contributed by atoms with Crippen LogP contribution in [-0.2, 0) is 11.2 Å². The maximum Gasteiger partial charge on any atom is 0.410 e. The number of hydrogen-bond donors (Lipinski definition) is 1. The highest BCUT2D eigenvalue weighted by Gasteiger charge is 2.26. The lowest BCUT2D eigenvalue weighted by atomic mass is 10.1. The third-order valence-corrected chi connectivity index (χ3v) is 4.88. The van der Waals surface area contributed by atoms with E-state index in [0.717, 1.165) is 12.0 Å². The van der Waals surface area contributed by atoms with Gasteiger partial charge in [-0.2, -0.15) is 0 Å². The van der Waals surface area contributed by atoms with Gasteiger partial charge in [0.2, 0.25) is 5.88 Å². The number of nitrogens with zero attached hydrogens (tertiary/aromatic N) is 4. The molecule has 1 aliphatic rings. The van der Waals surface area contributed by atoms with Crippen LogP contribution >= 0.6 is 0 Å². The molecule has 162 valence electrons. The Hall–Kier alpha value is -2.94. The van der Waals surface area contributed by atoms with Crippen LogP contribution in [0.15, 0.2) is 30.6 Å². The molecular weight excluding hydrogens is 389 g/mol. The smallest absolute Gasteiger partial charge is 0.410 e. The predicted octanol–water partition coefficient (Wildman–Crippen LogP) is 3.58. The Labute approximate surface area is 175 Å². The Morgan fingerprint density at radius 2 is 2.03 bits per heavy atom. The fourth-order valence-electron chi connectivity index (χ4n) is 3.22. The minimum absolute atomic E-state index is 0.0948. The van der Waals surface area contributed by atoms with E-state index in [1.807, 2.05) is 26.8 Å². The zero-order valence-corrected chi connectivity index (χ0v) is 17.5. The van der Waals surface area contributed by atoms with Crippen molar-refractivity contribution in [3.05, 3.63) is 42.0 Å². The van der Waals surface area contributed by atoms with E-state index >= 15 is 0 Å². The second-order valence-electron chi connectivity index (χ2n) is 7.46. The molecule has 9 heteroatoms. The van der Waals surface area contributed by atoms with Crippen LogP contribution < -0.4 is 15.6 Å². The van der Waals surface area contributed by atoms with Crippen molar-refractivity contribution in [1.82, 2.24) is 14.9 Å². The summed E-state index contributed by atoms with van der Waals surface area (Å²) in [7, 11) is 0. The second kappa shape index (κ2) is 9.71. The number of piperidine rings is 1. The van der Waals surface area contributed by atoms with Gasteiger partial charge in [-0.3, -0.25) is 5.01 Å². The van der Waals surface area contributed by atoms with Crippen LogP contribution in [0.4, 0.5) is 20.7 Å². The molecule has 2 heterocycles. The number of halogens is 1. The number of amides is 1. The molecular formula is C21H28FN5O3. The number of benzene rings is 1. The molecule has 0 aliphatic carbocycles. The predicted molar refractivity (Wildman–Crippen MR) is 111 cm³/mol. The zero-order chi connectivity index (χ0) is 21.7. The van der Waals surface area contributed by atoms with E-state index in [9.17, 15) is 9.18 Å². The first kappa shape index (κ1) is 21.8. The quantitative estimate of drug-likeness (QED) is 0.567. The van der Waals surface area contributed by atoms with Crippen molar-refractivity contribution in [1.29, 1.82) is 0 Å². The van der Waals surface area contributed by atoms with Crippen molar-refractivity contribution in [2.45, 2.75) is 52.2 Å². The van der Waals surface area contributed by atoms with Crippen molar-refractivity contribution in [2.75, 3.05) is 18.1 Å². The van der Waals surface area contributed by atoms with E-state index in [-0.39, 0.29) is 24.0 Å². The highest BCUT2D eigenvalue weighted by molar-refractivity contribution is 5.67. The summed E-state index contributed by atoms with van der Waals surface area (Å²) < 4.78 is 25.6. The first-order valence-electron chi connectivity index (χ1n) is 10.1. The van der Waals surface area contributed by atoms with Gasteiger partial charge in [-0.05, 0) is 38.0 Å². The molecule has 1 fully saturated rings. The van der Waals surface area contributed by atoms with Gasteiger partial charge in [-0.1, -0.05) is 13.0 Å². The highest BCUT2D eigenvalue weighted by atomic mass is 19.1. The van der Waals surface area contributed by atoms with Gasteiger partial charge in [0.05, 0.1) is 11.8 Å². The summed E-state index contributed by atoms with van der Waals surface area (Å²) in [5, 5.41) is 1.17. The number of carbonyl (C=O) groups excluding carboxylic acids is 1. The molecule has 1 aromatic heterocycles. The number of ether oxygens (including phenoxy) is 2. The van der Waals surface area contributed by atoms with Crippen LogP contribution in [-0.4, -0.2) is 46.3 Å². The Morgan fingerprint density at radius 1 is 1.30 bits per heavy atom. The summed E-state index contributed by atoms with van der Waals surface area (Å²) in [6.45, 7) is 6.70. The molecule has 1 amide bonds. The van der Waals surface area contributed by atoms with Gasteiger partial charge in [0.25, 0.3) is 0 Å². The van der Waals surface area contributed by atoms with Gasteiger partial charge in [-0.15, -0.1) is 0 Å². The number of anilines is 2. The van der Waals surface area contributed by atoms with Crippen LogP contribution in [0.3, 0.4) is 0 Å². The Bertz CT molecular complexity index is 871. The van der Waals surface area contributed by atoms with Crippen LogP contribution in [0.1, 0.15) is 39.2 Å². The number of rotatable bonds is 6.